The molecule has 20 heavy (non-hydrogen) atoms. The van der Waals surface area contributed by atoms with Gasteiger partial charge in [0.05, 0.1) is 0 Å². The van der Waals surface area contributed by atoms with E-state index in [1.54, 1.807) is 0 Å². The SMILES string of the molecule is C#CC1=CCCC2=C1CC(C(=O)N1CCN(C)CC1)=C2. The standard InChI is InChI=1S/C17H20N2O/c1-3-13-5-4-6-14-11-15(12-16(13)14)17(20)19-9-7-18(2)8-10-19/h1,5,11H,4,6-10,12H2,2H3. The summed E-state index contributed by atoms with van der Waals surface area (Å²) in [4.78, 5) is 16.8. The Morgan fingerprint density at radius 2 is 2.05 bits per heavy atom. The molecule has 1 aliphatic heterocycles. The van der Waals surface area contributed by atoms with Gasteiger partial charge in [0.15, 0.2) is 0 Å². The van der Waals surface area contributed by atoms with Gasteiger partial charge in [-0.05, 0) is 37.1 Å². The molecule has 3 rings (SSSR count). The second-order valence-corrected chi connectivity index (χ2v) is 5.75. The number of terminal acetylenes is 1. The molecule has 3 aliphatic rings. The maximum Gasteiger partial charge on any atom is 0.250 e. The first-order chi connectivity index (χ1) is 9.69. The number of nitrogens with zero attached hydrogens (tertiary/aromatic N) is 2. The zero-order chi connectivity index (χ0) is 14.1. The van der Waals surface area contributed by atoms with Gasteiger partial charge in [0, 0.05) is 43.7 Å². The van der Waals surface area contributed by atoms with Crippen LogP contribution in [-0.4, -0.2) is 48.9 Å². The third-order valence-corrected chi connectivity index (χ3v) is 4.41. The molecule has 1 fully saturated rings. The molecule has 1 heterocycles. The van der Waals surface area contributed by atoms with E-state index in [0.717, 1.165) is 56.6 Å². The van der Waals surface area contributed by atoms with Gasteiger partial charge < -0.3 is 9.80 Å². The van der Waals surface area contributed by atoms with Crippen LogP contribution in [0, 0.1) is 12.3 Å². The molecular weight excluding hydrogens is 248 g/mol. The van der Waals surface area contributed by atoms with Gasteiger partial charge in [-0.3, -0.25) is 4.79 Å². The molecule has 1 saturated heterocycles. The molecule has 104 valence electrons. The molecule has 3 heteroatoms. The van der Waals surface area contributed by atoms with Crippen LogP contribution in [0.5, 0.6) is 0 Å². The van der Waals surface area contributed by atoms with Gasteiger partial charge >= 0.3 is 0 Å². The lowest BCUT2D eigenvalue weighted by Crippen LogP contribution is -2.47. The molecular formula is C17H20N2O. The van der Waals surface area contributed by atoms with Gasteiger partial charge in [-0.25, -0.2) is 0 Å². The van der Waals surface area contributed by atoms with Crippen LogP contribution in [-0.2, 0) is 4.79 Å². The number of hydrogen-bond acceptors (Lipinski definition) is 2. The van der Waals surface area contributed by atoms with Crippen molar-refractivity contribution in [2.75, 3.05) is 33.2 Å². The van der Waals surface area contributed by atoms with Crippen molar-refractivity contribution in [2.45, 2.75) is 19.3 Å². The van der Waals surface area contributed by atoms with Crippen molar-refractivity contribution in [3.8, 4) is 12.3 Å². The van der Waals surface area contributed by atoms with Crippen molar-refractivity contribution in [1.29, 1.82) is 0 Å². The fraction of sp³-hybridized carbons (Fsp3) is 0.471. The van der Waals surface area contributed by atoms with E-state index in [9.17, 15) is 4.79 Å². The summed E-state index contributed by atoms with van der Waals surface area (Å²) in [6, 6.07) is 0. The minimum Gasteiger partial charge on any atom is -0.336 e. The van der Waals surface area contributed by atoms with Crippen molar-refractivity contribution in [3.63, 3.8) is 0 Å². The normalized spacial score (nSPS) is 23.1. The number of rotatable bonds is 1. The van der Waals surface area contributed by atoms with Gasteiger partial charge in [0.1, 0.15) is 0 Å². The number of carbonyl (C=O) groups excluding carboxylic acids is 1. The molecule has 2 aliphatic carbocycles. The zero-order valence-electron chi connectivity index (χ0n) is 12.0. The maximum atomic E-state index is 12.6. The summed E-state index contributed by atoms with van der Waals surface area (Å²) in [7, 11) is 2.10. The van der Waals surface area contributed by atoms with Gasteiger partial charge in [-0.15, -0.1) is 6.42 Å². The number of allylic oxidation sites excluding steroid dienone is 5. The van der Waals surface area contributed by atoms with E-state index in [0.29, 0.717) is 0 Å². The van der Waals surface area contributed by atoms with Crippen LogP contribution in [0.3, 0.4) is 0 Å². The fourth-order valence-electron chi connectivity index (χ4n) is 3.13. The molecule has 0 atom stereocenters. The molecule has 0 N–H and O–H groups in total. The predicted octanol–water partition coefficient (Wildman–Crippen LogP) is 1.74. The van der Waals surface area contributed by atoms with Crippen LogP contribution in [0.4, 0.5) is 0 Å². The number of piperazine rings is 1. The van der Waals surface area contributed by atoms with E-state index < -0.39 is 0 Å². The molecule has 3 nitrogen and oxygen atoms in total. The van der Waals surface area contributed by atoms with E-state index in [1.807, 2.05) is 4.90 Å². The van der Waals surface area contributed by atoms with Crippen LogP contribution >= 0.6 is 0 Å². The summed E-state index contributed by atoms with van der Waals surface area (Å²) in [6.07, 6.45) is 12.5. The molecule has 0 spiro atoms. The molecule has 0 unspecified atom stereocenters. The highest BCUT2D eigenvalue weighted by Crippen LogP contribution is 2.37. The Kier molecular flexibility index (Phi) is 3.50. The quantitative estimate of drug-likeness (QED) is 0.676. The third-order valence-electron chi connectivity index (χ3n) is 4.41. The number of carbonyl (C=O) groups is 1. The first-order valence-electron chi connectivity index (χ1n) is 7.26. The van der Waals surface area contributed by atoms with E-state index in [1.165, 1.54) is 11.1 Å². The lowest BCUT2D eigenvalue weighted by atomic mass is 9.92. The predicted molar refractivity (Wildman–Crippen MR) is 80.0 cm³/mol. The van der Waals surface area contributed by atoms with E-state index >= 15 is 0 Å². The Bertz CT molecular complexity index is 566. The van der Waals surface area contributed by atoms with Crippen molar-refractivity contribution < 1.29 is 4.79 Å². The molecule has 0 radical (unpaired) electrons. The average Bonchev–Trinajstić information content (AvgIpc) is 2.91. The second-order valence-electron chi connectivity index (χ2n) is 5.75. The first kappa shape index (κ1) is 13.2. The Morgan fingerprint density at radius 1 is 1.30 bits per heavy atom. The topological polar surface area (TPSA) is 23.6 Å². The molecule has 0 aromatic rings. The molecule has 0 aromatic heterocycles. The summed E-state index contributed by atoms with van der Waals surface area (Å²) >= 11 is 0. The smallest absolute Gasteiger partial charge is 0.250 e. The van der Waals surface area contributed by atoms with Crippen LogP contribution in [0.25, 0.3) is 0 Å². The Hall–Kier alpha value is -1.79. The average molecular weight is 268 g/mol. The molecule has 0 bridgehead atoms. The highest BCUT2D eigenvalue weighted by Gasteiger charge is 2.28. The Morgan fingerprint density at radius 3 is 2.75 bits per heavy atom. The summed E-state index contributed by atoms with van der Waals surface area (Å²) < 4.78 is 0. The van der Waals surface area contributed by atoms with Crippen LogP contribution in [0.1, 0.15) is 19.3 Å². The van der Waals surface area contributed by atoms with E-state index in [2.05, 4.69) is 30.0 Å². The summed E-state index contributed by atoms with van der Waals surface area (Å²) in [5, 5.41) is 0. The van der Waals surface area contributed by atoms with Crippen LogP contribution in [0.2, 0.25) is 0 Å². The molecule has 1 amide bonds. The largest absolute Gasteiger partial charge is 0.336 e. The maximum absolute atomic E-state index is 12.6. The third kappa shape index (κ3) is 2.32. The Labute approximate surface area is 120 Å². The van der Waals surface area contributed by atoms with Crippen molar-refractivity contribution in [1.82, 2.24) is 9.80 Å². The van der Waals surface area contributed by atoms with Gasteiger partial charge in [-0.2, -0.15) is 0 Å². The summed E-state index contributed by atoms with van der Waals surface area (Å²) in [5.41, 5.74) is 4.39. The zero-order valence-corrected chi connectivity index (χ0v) is 12.0. The van der Waals surface area contributed by atoms with Crippen LogP contribution in [0.15, 0.2) is 34.4 Å². The monoisotopic (exact) mass is 268 g/mol. The minimum absolute atomic E-state index is 0.198. The molecule has 0 saturated carbocycles. The second kappa shape index (κ2) is 5.30. The van der Waals surface area contributed by atoms with Crippen molar-refractivity contribution in [3.05, 3.63) is 34.4 Å². The van der Waals surface area contributed by atoms with Crippen LogP contribution < -0.4 is 0 Å². The fourth-order valence-corrected chi connectivity index (χ4v) is 3.13. The first-order valence-corrected chi connectivity index (χ1v) is 7.26. The summed E-state index contributed by atoms with van der Waals surface area (Å²) in [5.74, 6) is 2.96. The lowest BCUT2D eigenvalue weighted by molar-refractivity contribution is -0.128. The lowest BCUT2D eigenvalue weighted by Gasteiger charge is -2.32. The van der Waals surface area contributed by atoms with E-state index in [4.69, 9.17) is 6.42 Å². The Balaban J connectivity index is 1.71. The van der Waals surface area contributed by atoms with E-state index in [-0.39, 0.29) is 5.91 Å². The summed E-state index contributed by atoms with van der Waals surface area (Å²) in [6.45, 7) is 3.58. The van der Waals surface area contributed by atoms with Crippen molar-refractivity contribution in [2.24, 2.45) is 0 Å². The molecule has 0 aromatic carbocycles. The highest BCUT2D eigenvalue weighted by molar-refractivity contribution is 5.96. The minimum atomic E-state index is 0.198. The number of amides is 1. The highest BCUT2D eigenvalue weighted by atomic mass is 16.2. The van der Waals surface area contributed by atoms with Gasteiger partial charge in [0.25, 0.3) is 0 Å². The van der Waals surface area contributed by atoms with Gasteiger partial charge in [0.2, 0.25) is 5.91 Å². The van der Waals surface area contributed by atoms with Crippen molar-refractivity contribution >= 4 is 5.91 Å². The number of likely N-dealkylation sites (N-methyl/N-ethyl adjacent to an activating group) is 1. The van der Waals surface area contributed by atoms with Gasteiger partial charge in [-0.1, -0.05) is 12.0 Å². The number of hydrogen-bond donors (Lipinski definition) is 0.